The van der Waals surface area contributed by atoms with E-state index in [0.29, 0.717) is 23.9 Å². The molecular formula is C69H126N2O7P+. The van der Waals surface area contributed by atoms with Crippen LogP contribution in [0, 0.1) is 0 Å². The Balaban J connectivity index is 5.25. The third-order valence-electron chi connectivity index (χ3n) is 14.3. The van der Waals surface area contributed by atoms with Crippen molar-refractivity contribution in [1.82, 2.24) is 5.32 Å². The van der Waals surface area contributed by atoms with Crippen molar-refractivity contribution in [2.45, 2.75) is 303 Å². The van der Waals surface area contributed by atoms with Crippen molar-refractivity contribution in [3.05, 3.63) is 85.1 Å². The molecule has 0 bridgehead atoms. The van der Waals surface area contributed by atoms with Gasteiger partial charge in [-0.25, -0.2) is 4.57 Å². The number of amides is 1. The SMILES string of the molecule is CCCCC/C=C\C/C=C\C/C=C\C/C=C\CCCC(=O)OC(/C=C\CCCCCCCCCCCCC)C(COP(=O)(O)OCC[N+](C)(C)C)NC(=O)CCCCCCCCCCCCCCC/C=C\C/C=C\CCCCC. The Hall–Kier alpha value is -2.81. The highest BCUT2D eigenvalue weighted by Crippen LogP contribution is 2.43. The number of rotatable bonds is 59. The molecule has 79 heavy (non-hydrogen) atoms. The van der Waals surface area contributed by atoms with E-state index in [1.54, 1.807) is 0 Å². The zero-order chi connectivity index (χ0) is 57.9. The Labute approximate surface area is 488 Å². The molecule has 0 fully saturated rings. The maximum absolute atomic E-state index is 13.6. The molecule has 458 valence electrons. The summed E-state index contributed by atoms with van der Waals surface area (Å²) in [6, 6.07) is -0.874. The summed E-state index contributed by atoms with van der Waals surface area (Å²) in [7, 11) is 1.46. The van der Waals surface area contributed by atoms with Gasteiger partial charge in [0.25, 0.3) is 0 Å². The summed E-state index contributed by atoms with van der Waals surface area (Å²) in [6.45, 7) is 6.94. The molecule has 0 rings (SSSR count). The minimum absolute atomic E-state index is 0.0293. The monoisotopic (exact) mass is 1130 g/mol. The maximum atomic E-state index is 13.6. The highest BCUT2D eigenvalue weighted by Gasteiger charge is 2.30. The minimum atomic E-state index is -4.47. The van der Waals surface area contributed by atoms with Gasteiger partial charge in [0.1, 0.15) is 19.3 Å². The fraction of sp³-hybridized carbons (Fsp3) is 0.768. The highest BCUT2D eigenvalue weighted by atomic mass is 31.2. The van der Waals surface area contributed by atoms with Crippen LogP contribution in [0.3, 0.4) is 0 Å². The molecule has 2 N–H and O–H groups in total. The summed E-state index contributed by atoms with van der Waals surface area (Å²) in [4.78, 5) is 37.8. The first-order valence-electron chi connectivity index (χ1n) is 32.9. The predicted octanol–water partition coefficient (Wildman–Crippen LogP) is 20.6. The first-order valence-corrected chi connectivity index (χ1v) is 34.4. The van der Waals surface area contributed by atoms with Crippen LogP contribution in [-0.2, 0) is 27.9 Å². The van der Waals surface area contributed by atoms with Gasteiger partial charge in [0, 0.05) is 12.8 Å². The summed E-state index contributed by atoms with van der Waals surface area (Å²) in [5.41, 5.74) is 0. The standard InChI is InChI=1S/C69H125N2O7P/c1-7-10-13-16-19-22-25-28-30-32-33-34-35-36-37-39-40-43-46-49-52-55-58-61-68(72)70-66(65-77-79(74,75)76-64-63-71(4,5)6)67(60-57-54-51-48-45-42-27-24-21-18-15-12-9-3)78-69(73)62-59-56-53-50-47-44-41-38-31-29-26-23-20-17-14-11-8-2/h19-20,22-23,28-31,41,44,50,53,57,60,66-67H,7-18,21,24-27,32-40,42-43,45-49,51-52,54-56,58-59,61-65H2,1-6H3,(H-,70,72,74,75)/p+1/b22-19-,23-20-,30-28-,31-29-,44-41-,53-50-,60-57-. The van der Waals surface area contributed by atoms with Gasteiger partial charge in [0.05, 0.1) is 33.8 Å². The molecule has 3 atom stereocenters. The molecule has 0 aromatic heterocycles. The average Bonchev–Trinajstić information content (AvgIpc) is 3.41. The Morgan fingerprint density at radius 1 is 0.443 bits per heavy atom. The number of phosphoric ester groups is 1. The Morgan fingerprint density at radius 2 is 0.785 bits per heavy atom. The third kappa shape index (κ3) is 59.6. The second-order valence-electron chi connectivity index (χ2n) is 23.3. The van der Waals surface area contributed by atoms with E-state index >= 15 is 0 Å². The lowest BCUT2D eigenvalue weighted by atomic mass is 10.0. The molecule has 0 aromatic rings. The Bertz CT molecular complexity index is 1630. The van der Waals surface area contributed by atoms with Crippen LogP contribution < -0.4 is 5.32 Å². The zero-order valence-corrected chi connectivity index (χ0v) is 53.2. The number of carbonyl (C=O) groups excluding carboxylic acids is 2. The van der Waals surface area contributed by atoms with E-state index in [4.69, 9.17) is 13.8 Å². The van der Waals surface area contributed by atoms with E-state index < -0.39 is 20.0 Å². The molecular weight excluding hydrogens is 1000 g/mol. The molecule has 0 aliphatic rings. The van der Waals surface area contributed by atoms with Crippen LogP contribution in [-0.4, -0.2) is 74.3 Å². The van der Waals surface area contributed by atoms with Crippen molar-refractivity contribution >= 4 is 19.7 Å². The molecule has 0 saturated carbocycles. The van der Waals surface area contributed by atoms with Crippen LogP contribution in [0.5, 0.6) is 0 Å². The smallest absolute Gasteiger partial charge is 0.456 e. The van der Waals surface area contributed by atoms with Gasteiger partial charge in [0.2, 0.25) is 5.91 Å². The van der Waals surface area contributed by atoms with Crippen molar-refractivity contribution in [3.8, 4) is 0 Å². The van der Waals surface area contributed by atoms with Gasteiger partial charge in [-0.05, 0) is 102 Å². The molecule has 9 nitrogen and oxygen atoms in total. The number of allylic oxidation sites excluding steroid dienone is 13. The topological polar surface area (TPSA) is 111 Å². The molecule has 0 spiro atoms. The van der Waals surface area contributed by atoms with Crippen LogP contribution >= 0.6 is 7.82 Å². The van der Waals surface area contributed by atoms with E-state index in [9.17, 15) is 19.0 Å². The number of phosphoric acid groups is 1. The average molecular weight is 1130 g/mol. The van der Waals surface area contributed by atoms with Gasteiger partial charge in [-0.1, -0.05) is 260 Å². The van der Waals surface area contributed by atoms with E-state index in [0.717, 1.165) is 70.6 Å². The molecule has 1 amide bonds. The lowest BCUT2D eigenvalue weighted by Crippen LogP contribution is -2.47. The molecule has 0 aromatic carbocycles. The van der Waals surface area contributed by atoms with E-state index in [-0.39, 0.29) is 31.5 Å². The predicted molar refractivity (Wildman–Crippen MR) is 341 cm³/mol. The lowest BCUT2D eigenvalue weighted by molar-refractivity contribution is -0.870. The minimum Gasteiger partial charge on any atom is -0.456 e. The van der Waals surface area contributed by atoms with Crippen molar-refractivity contribution in [1.29, 1.82) is 0 Å². The normalized spacial score (nSPS) is 14.2. The van der Waals surface area contributed by atoms with Crippen LogP contribution in [0.4, 0.5) is 0 Å². The van der Waals surface area contributed by atoms with Crippen LogP contribution in [0.1, 0.15) is 290 Å². The first kappa shape index (κ1) is 76.2. The largest absolute Gasteiger partial charge is 0.472 e. The molecule has 10 heteroatoms. The van der Waals surface area contributed by atoms with E-state index in [2.05, 4.69) is 99.0 Å². The number of hydrogen-bond donors (Lipinski definition) is 2. The number of esters is 1. The number of ether oxygens (including phenoxy) is 1. The summed E-state index contributed by atoms with van der Waals surface area (Å²) < 4.78 is 30.7. The van der Waals surface area contributed by atoms with Gasteiger partial charge < -0.3 is 19.4 Å². The maximum Gasteiger partial charge on any atom is 0.472 e. The zero-order valence-electron chi connectivity index (χ0n) is 52.3. The summed E-state index contributed by atoms with van der Waals surface area (Å²) in [6.07, 6.45) is 77.3. The number of unbranched alkanes of at least 4 members (excludes halogenated alkanes) is 31. The molecule has 0 aliphatic heterocycles. The molecule has 0 aliphatic carbocycles. The van der Waals surface area contributed by atoms with Crippen LogP contribution in [0.15, 0.2) is 85.1 Å². The lowest BCUT2D eigenvalue weighted by Gasteiger charge is -2.27. The molecule has 3 unspecified atom stereocenters. The van der Waals surface area contributed by atoms with Crippen LogP contribution in [0.25, 0.3) is 0 Å². The Morgan fingerprint density at radius 3 is 1.20 bits per heavy atom. The summed E-state index contributed by atoms with van der Waals surface area (Å²) in [5, 5.41) is 3.05. The Kier molecular flexibility index (Phi) is 56.3. The van der Waals surface area contributed by atoms with Crippen LogP contribution in [0.2, 0.25) is 0 Å². The van der Waals surface area contributed by atoms with Gasteiger partial charge in [0.15, 0.2) is 0 Å². The van der Waals surface area contributed by atoms with Gasteiger partial charge in [-0.2, -0.15) is 0 Å². The fourth-order valence-electron chi connectivity index (χ4n) is 9.20. The van der Waals surface area contributed by atoms with Crippen molar-refractivity contribution in [3.63, 3.8) is 0 Å². The van der Waals surface area contributed by atoms with Gasteiger partial charge in [-0.15, -0.1) is 0 Å². The third-order valence-corrected chi connectivity index (χ3v) is 15.3. The molecule has 0 heterocycles. The first-order chi connectivity index (χ1) is 38.4. The summed E-state index contributed by atoms with van der Waals surface area (Å²) in [5.74, 6) is -0.568. The molecule has 0 radical (unpaired) electrons. The number of quaternary nitrogens is 1. The molecule has 0 saturated heterocycles. The second-order valence-corrected chi connectivity index (χ2v) is 24.7. The van der Waals surface area contributed by atoms with E-state index in [1.807, 2.05) is 33.3 Å². The van der Waals surface area contributed by atoms with Gasteiger partial charge >= 0.3 is 13.8 Å². The highest BCUT2D eigenvalue weighted by molar-refractivity contribution is 7.47. The van der Waals surface area contributed by atoms with Crippen molar-refractivity contribution < 1.29 is 37.3 Å². The number of hydrogen-bond acceptors (Lipinski definition) is 6. The second kappa shape index (κ2) is 58.4. The van der Waals surface area contributed by atoms with Crippen molar-refractivity contribution in [2.24, 2.45) is 0 Å². The van der Waals surface area contributed by atoms with Gasteiger partial charge in [-0.3, -0.25) is 18.6 Å². The fourth-order valence-corrected chi connectivity index (χ4v) is 9.93. The number of nitrogens with zero attached hydrogens (tertiary/aromatic N) is 1. The number of nitrogens with one attached hydrogen (secondary N) is 1. The quantitative estimate of drug-likeness (QED) is 0.0205. The van der Waals surface area contributed by atoms with Crippen molar-refractivity contribution in [2.75, 3.05) is 40.9 Å². The number of carbonyl (C=O) groups is 2. The summed E-state index contributed by atoms with van der Waals surface area (Å²) >= 11 is 0. The van der Waals surface area contributed by atoms with E-state index in [1.165, 1.54) is 180 Å². The number of likely N-dealkylation sites (N-methyl/N-ethyl adjacent to an activating group) is 1.